The van der Waals surface area contributed by atoms with Gasteiger partial charge in [0.15, 0.2) is 0 Å². The summed E-state index contributed by atoms with van der Waals surface area (Å²) >= 11 is 0. The highest BCUT2D eigenvalue weighted by atomic mass is 16.2. The second-order valence-corrected chi connectivity index (χ2v) is 7.80. The molecule has 2 amide bonds. The zero-order valence-electron chi connectivity index (χ0n) is 12.5. The summed E-state index contributed by atoms with van der Waals surface area (Å²) in [5, 5.41) is 2.94. The third-order valence-electron chi connectivity index (χ3n) is 6.07. The van der Waals surface area contributed by atoms with Gasteiger partial charge in [-0.3, -0.25) is 9.59 Å². The SMILES string of the molecule is CC1(C2CC2)NC(=O)CN(C2C(C)(C)C2(C)C)C1=O. The van der Waals surface area contributed by atoms with Crippen molar-refractivity contribution in [3.63, 3.8) is 0 Å². The normalized spacial score (nSPS) is 37.2. The molecular weight excluding hydrogens is 240 g/mol. The van der Waals surface area contributed by atoms with E-state index in [1.807, 2.05) is 11.8 Å². The Morgan fingerprint density at radius 3 is 2.00 bits per heavy atom. The van der Waals surface area contributed by atoms with E-state index >= 15 is 0 Å². The molecule has 1 saturated heterocycles. The number of nitrogens with zero attached hydrogens (tertiary/aromatic N) is 1. The molecule has 0 radical (unpaired) electrons. The van der Waals surface area contributed by atoms with E-state index in [0.717, 1.165) is 12.8 Å². The molecule has 1 N–H and O–H groups in total. The van der Waals surface area contributed by atoms with Crippen molar-refractivity contribution >= 4 is 11.8 Å². The molecule has 1 aliphatic heterocycles. The fourth-order valence-corrected chi connectivity index (χ4v) is 3.99. The minimum atomic E-state index is -0.663. The third-order valence-corrected chi connectivity index (χ3v) is 6.07. The maximum absolute atomic E-state index is 12.8. The van der Waals surface area contributed by atoms with Crippen molar-refractivity contribution in [2.24, 2.45) is 16.7 Å². The van der Waals surface area contributed by atoms with Gasteiger partial charge in [0.25, 0.3) is 0 Å². The van der Waals surface area contributed by atoms with Gasteiger partial charge >= 0.3 is 0 Å². The standard InChI is InChI=1S/C15H24N2O2/c1-13(2)11(14(13,3)4)17-8-10(18)16-15(5,12(17)19)9-6-7-9/h9,11H,6-8H2,1-5H3,(H,16,18). The van der Waals surface area contributed by atoms with E-state index < -0.39 is 5.54 Å². The number of amides is 2. The minimum absolute atomic E-state index is 0.00694. The summed E-state index contributed by atoms with van der Waals surface area (Å²) < 4.78 is 0. The lowest BCUT2D eigenvalue weighted by Crippen LogP contribution is -2.67. The Bertz CT molecular complexity index is 451. The molecule has 4 nitrogen and oxygen atoms in total. The highest BCUT2D eigenvalue weighted by Gasteiger charge is 2.70. The quantitative estimate of drug-likeness (QED) is 0.822. The van der Waals surface area contributed by atoms with Crippen LogP contribution in [-0.4, -0.2) is 34.8 Å². The zero-order valence-corrected chi connectivity index (χ0v) is 12.5. The van der Waals surface area contributed by atoms with Crippen molar-refractivity contribution in [3.8, 4) is 0 Å². The zero-order chi connectivity index (χ0) is 14.2. The Hall–Kier alpha value is -1.06. The van der Waals surface area contributed by atoms with Crippen molar-refractivity contribution in [2.45, 2.75) is 59.0 Å². The molecule has 3 rings (SSSR count). The first-order valence-electron chi connectivity index (χ1n) is 7.24. The lowest BCUT2D eigenvalue weighted by atomic mass is 9.91. The van der Waals surface area contributed by atoms with Crippen LogP contribution in [0.5, 0.6) is 0 Å². The molecule has 0 bridgehead atoms. The molecule has 4 heteroatoms. The van der Waals surface area contributed by atoms with E-state index in [0.29, 0.717) is 5.92 Å². The predicted octanol–water partition coefficient (Wildman–Crippen LogP) is 1.55. The number of hydrogen-bond acceptors (Lipinski definition) is 2. The van der Waals surface area contributed by atoms with Crippen LogP contribution in [0.25, 0.3) is 0 Å². The molecule has 2 saturated carbocycles. The average Bonchev–Trinajstić information content (AvgIpc) is 3.13. The van der Waals surface area contributed by atoms with Gasteiger partial charge in [0, 0.05) is 6.04 Å². The van der Waals surface area contributed by atoms with Gasteiger partial charge in [-0.25, -0.2) is 0 Å². The molecule has 3 fully saturated rings. The van der Waals surface area contributed by atoms with Gasteiger partial charge in [-0.05, 0) is 36.5 Å². The molecule has 1 unspecified atom stereocenters. The highest BCUT2D eigenvalue weighted by Crippen LogP contribution is 2.65. The predicted molar refractivity (Wildman–Crippen MR) is 72.3 cm³/mol. The Morgan fingerprint density at radius 2 is 1.58 bits per heavy atom. The molecule has 1 atom stereocenters. The molecule has 0 aromatic heterocycles. The van der Waals surface area contributed by atoms with Crippen molar-refractivity contribution in [3.05, 3.63) is 0 Å². The van der Waals surface area contributed by atoms with Gasteiger partial charge in [0.1, 0.15) is 5.54 Å². The van der Waals surface area contributed by atoms with Crippen LogP contribution in [0, 0.1) is 16.7 Å². The first-order valence-corrected chi connectivity index (χ1v) is 7.24. The number of carbonyl (C=O) groups is 2. The highest BCUT2D eigenvalue weighted by molar-refractivity contribution is 5.98. The summed E-state index contributed by atoms with van der Waals surface area (Å²) in [6, 6.07) is 0.177. The Morgan fingerprint density at radius 1 is 1.05 bits per heavy atom. The average molecular weight is 264 g/mol. The largest absolute Gasteiger partial charge is 0.340 e. The first kappa shape index (κ1) is 12.9. The van der Waals surface area contributed by atoms with Gasteiger partial charge in [-0.2, -0.15) is 0 Å². The fourth-order valence-electron chi connectivity index (χ4n) is 3.99. The van der Waals surface area contributed by atoms with Gasteiger partial charge in [0.2, 0.25) is 11.8 Å². The number of rotatable bonds is 2. The molecule has 1 heterocycles. The van der Waals surface area contributed by atoms with Crippen molar-refractivity contribution in [1.29, 1.82) is 0 Å². The monoisotopic (exact) mass is 264 g/mol. The van der Waals surface area contributed by atoms with Crippen LogP contribution < -0.4 is 5.32 Å². The Kier molecular flexibility index (Phi) is 2.27. The van der Waals surface area contributed by atoms with Crippen LogP contribution >= 0.6 is 0 Å². The number of hydrogen-bond donors (Lipinski definition) is 1. The fraction of sp³-hybridized carbons (Fsp3) is 0.867. The van der Waals surface area contributed by atoms with Crippen molar-refractivity contribution < 1.29 is 9.59 Å². The minimum Gasteiger partial charge on any atom is -0.340 e. The van der Waals surface area contributed by atoms with Crippen LogP contribution in [0.4, 0.5) is 0 Å². The molecule has 106 valence electrons. The Balaban J connectivity index is 1.90. The summed E-state index contributed by atoms with van der Waals surface area (Å²) in [7, 11) is 0. The third kappa shape index (κ3) is 1.52. The molecule has 2 aliphatic carbocycles. The van der Waals surface area contributed by atoms with Crippen molar-refractivity contribution in [2.75, 3.05) is 6.54 Å². The van der Waals surface area contributed by atoms with Crippen LogP contribution in [0.15, 0.2) is 0 Å². The number of piperazine rings is 1. The van der Waals surface area contributed by atoms with Gasteiger partial charge in [0.05, 0.1) is 6.54 Å². The van der Waals surface area contributed by atoms with Gasteiger partial charge < -0.3 is 10.2 Å². The summed E-state index contributed by atoms with van der Waals surface area (Å²) in [5.74, 6) is 0.447. The second-order valence-electron chi connectivity index (χ2n) is 7.80. The number of carbonyl (C=O) groups excluding carboxylic acids is 2. The first-order chi connectivity index (χ1) is 8.62. The molecular formula is C15H24N2O2. The lowest BCUT2D eigenvalue weighted by Gasteiger charge is -2.41. The summed E-state index contributed by atoms with van der Waals surface area (Å²) in [4.78, 5) is 26.7. The second kappa shape index (κ2) is 3.33. The molecule has 19 heavy (non-hydrogen) atoms. The summed E-state index contributed by atoms with van der Waals surface area (Å²) in [6.07, 6.45) is 2.10. The summed E-state index contributed by atoms with van der Waals surface area (Å²) in [6.45, 7) is 10.9. The topological polar surface area (TPSA) is 49.4 Å². The molecule has 0 spiro atoms. The number of nitrogens with one attached hydrogen (secondary N) is 1. The lowest BCUT2D eigenvalue weighted by molar-refractivity contribution is -0.151. The maximum atomic E-state index is 12.8. The Labute approximate surface area is 114 Å². The van der Waals surface area contributed by atoms with E-state index in [-0.39, 0.29) is 35.2 Å². The van der Waals surface area contributed by atoms with Gasteiger partial charge in [-0.1, -0.05) is 27.7 Å². The maximum Gasteiger partial charge on any atom is 0.249 e. The molecule has 0 aromatic rings. The van der Waals surface area contributed by atoms with E-state index in [9.17, 15) is 9.59 Å². The van der Waals surface area contributed by atoms with E-state index in [1.54, 1.807) is 0 Å². The van der Waals surface area contributed by atoms with Crippen LogP contribution in [0.2, 0.25) is 0 Å². The van der Waals surface area contributed by atoms with Crippen LogP contribution in [-0.2, 0) is 9.59 Å². The van der Waals surface area contributed by atoms with Crippen LogP contribution in [0.1, 0.15) is 47.5 Å². The van der Waals surface area contributed by atoms with Crippen molar-refractivity contribution in [1.82, 2.24) is 10.2 Å². The molecule has 3 aliphatic rings. The van der Waals surface area contributed by atoms with E-state index in [1.165, 1.54) is 0 Å². The van der Waals surface area contributed by atoms with E-state index in [2.05, 4.69) is 33.0 Å². The summed E-state index contributed by atoms with van der Waals surface area (Å²) in [5.41, 5.74) is -0.487. The smallest absolute Gasteiger partial charge is 0.249 e. The van der Waals surface area contributed by atoms with Crippen LogP contribution in [0.3, 0.4) is 0 Å². The van der Waals surface area contributed by atoms with Gasteiger partial charge in [-0.15, -0.1) is 0 Å². The molecule has 0 aromatic carbocycles. The van der Waals surface area contributed by atoms with E-state index in [4.69, 9.17) is 0 Å².